The number of carbonyl (C=O) groups is 1. The number of hydrogen-bond donors (Lipinski definition) is 2. The van der Waals surface area contributed by atoms with Crippen molar-refractivity contribution in [2.45, 2.75) is 19.1 Å². The number of hydrogen-bond acceptors (Lipinski definition) is 3. The third-order valence-corrected chi connectivity index (χ3v) is 2.63. The van der Waals surface area contributed by atoms with E-state index in [1.807, 2.05) is 5.32 Å². The predicted molar refractivity (Wildman–Crippen MR) is 68.6 cm³/mol. The van der Waals surface area contributed by atoms with Gasteiger partial charge in [0.2, 0.25) is 0 Å². The molecule has 0 saturated heterocycles. The summed E-state index contributed by atoms with van der Waals surface area (Å²) in [6.07, 6.45) is -2.17. The summed E-state index contributed by atoms with van der Waals surface area (Å²) in [5.74, 6) is 0. The lowest BCUT2D eigenvalue weighted by Gasteiger charge is -2.22. The Bertz CT molecular complexity index is 611. The molecular weight excluding hydrogens is 287 g/mol. The van der Waals surface area contributed by atoms with Crippen LogP contribution >= 0.6 is 0 Å². The van der Waals surface area contributed by atoms with Gasteiger partial charge in [0.1, 0.15) is 6.26 Å². The molecule has 112 valence electrons. The molecule has 0 fully saturated rings. The first-order chi connectivity index (χ1) is 9.86. The quantitative estimate of drug-likeness (QED) is 0.912. The highest BCUT2D eigenvalue weighted by Crippen LogP contribution is 2.33. The number of anilines is 1. The summed E-state index contributed by atoms with van der Waals surface area (Å²) in [4.78, 5) is 15.2. The number of halogens is 3. The van der Waals surface area contributed by atoms with Crippen molar-refractivity contribution in [1.29, 1.82) is 0 Å². The van der Waals surface area contributed by atoms with Crippen molar-refractivity contribution in [3.8, 4) is 0 Å². The lowest BCUT2D eigenvalue weighted by molar-refractivity contribution is -0.154. The molecule has 8 heteroatoms. The molecule has 0 unspecified atom stereocenters. The summed E-state index contributed by atoms with van der Waals surface area (Å²) in [5, 5.41) is 3.94. The molecule has 0 aliphatic rings. The van der Waals surface area contributed by atoms with Crippen LogP contribution in [0.4, 0.5) is 24.0 Å². The van der Waals surface area contributed by atoms with Crippen LogP contribution in [0.5, 0.6) is 0 Å². The second-order valence-corrected chi connectivity index (χ2v) is 4.32. The second-order valence-electron chi connectivity index (χ2n) is 4.32. The topological polar surface area (TPSA) is 67.2 Å². The molecule has 2 amide bonds. The maximum atomic E-state index is 13.1. The Hall–Kier alpha value is -2.51. The molecule has 1 heterocycles. The number of aromatic nitrogens is 1. The monoisotopic (exact) mass is 299 g/mol. The van der Waals surface area contributed by atoms with Gasteiger partial charge in [0.15, 0.2) is 6.04 Å². The number of amides is 2. The average Bonchev–Trinajstić information content (AvgIpc) is 2.87. The van der Waals surface area contributed by atoms with Crippen molar-refractivity contribution in [3.05, 3.63) is 47.9 Å². The molecule has 0 radical (unpaired) electrons. The summed E-state index contributed by atoms with van der Waals surface area (Å²) < 4.78 is 44.0. The van der Waals surface area contributed by atoms with E-state index in [1.54, 1.807) is 13.0 Å². The van der Waals surface area contributed by atoms with E-state index in [2.05, 4.69) is 10.3 Å². The Kier molecular flexibility index (Phi) is 4.15. The van der Waals surface area contributed by atoms with Crippen LogP contribution in [0.15, 0.2) is 41.1 Å². The maximum Gasteiger partial charge on any atom is 0.412 e. The molecule has 1 atom stereocenters. The molecule has 0 spiro atoms. The molecule has 0 bridgehead atoms. The van der Waals surface area contributed by atoms with Gasteiger partial charge in [-0.1, -0.05) is 29.8 Å². The lowest BCUT2D eigenvalue weighted by Crippen LogP contribution is -2.40. The van der Waals surface area contributed by atoms with Crippen molar-refractivity contribution >= 4 is 12.0 Å². The molecule has 5 nitrogen and oxygen atoms in total. The zero-order chi connectivity index (χ0) is 15.5. The van der Waals surface area contributed by atoms with Crippen LogP contribution in [0.3, 0.4) is 0 Å². The average molecular weight is 299 g/mol. The molecule has 0 aliphatic carbocycles. The minimum absolute atomic E-state index is 0.0509. The number of urea groups is 1. The third-order valence-electron chi connectivity index (χ3n) is 2.63. The van der Waals surface area contributed by atoms with Crippen LogP contribution in [0.2, 0.25) is 0 Å². The molecule has 21 heavy (non-hydrogen) atoms. The molecule has 1 aromatic carbocycles. The molecule has 2 rings (SSSR count). The summed E-state index contributed by atoms with van der Waals surface area (Å²) in [5.41, 5.74) is 0.613. The van der Waals surface area contributed by atoms with Crippen LogP contribution in [0.25, 0.3) is 0 Å². The van der Waals surface area contributed by atoms with E-state index >= 15 is 0 Å². The van der Waals surface area contributed by atoms with E-state index in [4.69, 9.17) is 4.42 Å². The van der Waals surface area contributed by atoms with Crippen molar-refractivity contribution in [2.75, 3.05) is 5.32 Å². The van der Waals surface area contributed by atoms with Crippen molar-refractivity contribution in [2.24, 2.45) is 0 Å². The van der Waals surface area contributed by atoms with Gasteiger partial charge in [-0.05, 0) is 12.5 Å². The molecular formula is C13H12F3N3O2. The molecule has 0 saturated carbocycles. The number of alkyl halides is 3. The molecule has 2 aromatic rings. The van der Waals surface area contributed by atoms with Crippen molar-refractivity contribution in [1.82, 2.24) is 10.3 Å². The minimum Gasteiger partial charge on any atom is -0.432 e. The van der Waals surface area contributed by atoms with Crippen LogP contribution < -0.4 is 10.6 Å². The largest absolute Gasteiger partial charge is 0.432 e. The maximum absolute atomic E-state index is 13.1. The number of oxazole rings is 1. The Balaban J connectivity index is 2.16. The fourth-order valence-corrected chi connectivity index (χ4v) is 1.75. The highest BCUT2D eigenvalue weighted by atomic mass is 19.4. The van der Waals surface area contributed by atoms with Crippen molar-refractivity contribution in [3.63, 3.8) is 0 Å². The Morgan fingerprint density at radius 3 is 2.71 bits per heavy atom. The molecule has 0 aliphatic heterocycles. The molecule has 2 N–H and O–H groups in total. The summed E-state index contributed by atoms with van der Waals surface area (Å²) in [6.45, 7) is 1.67. The van der Waals surface area contributed by atoms with Crippen LogP contribution in [0, 0.1) is 6.92 Å². The Morgan fingerprint density at radius 1 is 1.38 bits per heavy atom. The summed E-state index contributed by atoms with van der Waals surface area (Å²) in [7, 11) is 0. The Labute approximate surface area is 118 Å². The van der Waals surface area contributed by atoms with Gasteiger partial charge in [0, 0.05) is 0 Å². The van der Waals surface area contributed by atoms with Gasteiger partial charge < -0.3 is 9.73 Å². The van der Waals surface area contributed by atoms with E-state index in [1.165, 1.54) is 30.7 Å². The minimum atomic E-state index is -4.62. The van der Waals surface area contributed by atoms with Gasteiger partial charge in [-0.15, -0.1) is 0 Å². The van der Waals surface area contributed by atoms with Gasteiger partial charge in [-0.2, -0.15) is 13.2 Å². The highest BCUT2D eigenvalue weighted by Gasteiger charge is 2.42. The fraction of sp³-hybridized carbons (Fsp3) is 0.231. The van der Waals surface area contributed by atoms with E-state index < -0.39 is 18.2 Å². The number of rotatable bonds is 3. The van der Waals surface area contributed by atoms with E-state index in [0.29, 0.717) is 5.56 Å². The van der Waals surface area contributed by atoms with Crippen LogP contribution in [-0.4, -0.2) is 17.2 Å². The third kappa shape index (κ3) is 3.98. The normalized spacial score (nSPS) is 12.8. The van der Waals surface area contributed by atoms with Gasteiger partial charge in [0.25, 0.3) is 0 Å². The zero-order valence-electron chi connectivity index (χ0n) is 10.9. The number of nitrogens with one attached hydrogen (secondary N) is 2. The smallest absolute Gasteiger partial charge is 0.412 e. The van der Waals surface area contributed by atoms with E-state index in [0.717, 1.165) is 0 Å². The SMILES string of the molecule is Cc1cccc([C@@H](NC(=O)Nc2ncco2)C(F)(F)F)c1. The standard InChI is InChI=1S/C13H12F3N3O2/c1-8-3-2-4-9(7-8)10(13(14,15)16)18-11(20)19-12-17-5-6-21-12/h2-7,10H,1H3,(H2,17,18,19,20)/t10-/m1/s1. The number of benzene rings is 1. The Morgan fingerprint density at radius 2 is 2.14 bits per heavy atom. The van der Waals surface area contributed by atoms with Crippen molar-refractivity contribution < 1.29 is 22.4 Å². The molecule has 1 aromatic heterocycles. The lowest BCUT2D eigenvalue weighted by atomic mass is 10.0. The number of carbonyl (C=O) groups excluding carboxylic acids is 1. The fourth-order valence-electron chi connectivity index (χ4n) is 1.75. The first-order valence-electron chi connectivity index (χ1n) is 5.96. The summed E-state index contributed by atoms with van der Waals surface area (Å²) in [6, 6.07) is 2.48. The van der Waals surface area contributed by atoms with Gasteiger partial charge in [0.05, 0.1) is 6.20 Å². The van der Waals surface area contributed by atoms with Gasteiger partial charge in [-0.3, -0.25) is 5.32 Å². The van der Waals surface area contributed by atoms with Gasteiger partial charge in [-0.25, -0.2) is 9.78 Å². The first-order valence-corrected chi connectivity index (χ1v) is 5.96. The first kappa shape index (κ1) is 14.9. The van der Waals surface area contributed by atoms with E-state index in [-0.39, 0.29) is 11.6 Å². The van der Waals surface area contributed by atoms with E-state index in [9.17, 15) is 18.0 Å². The predicted octanol–water partition coefficient (Wildman–Crippen LogP) is 3.41. The second kappa shape index (κ2) is 5.86. The zero-order valence-corrected chi connectivity index (χ0v) is 10.9. The summed E-state index contributed by atoms with van der Waals surface area (Å²) >= 11 is 0. The van der Waals surface area contributed by atoms with Gasteiger partial charge >= 0.3 is 18.2 Å². The number of aryl methyl sites for hydroxylation is 1. The highest BCUT2D eigenvalue weighted by molar-refractivity contribution is 5.87. The van der Waals surface area contributed by atoms with Crippen LogP contribution in [0.1, 0.15) is 17.2 Å². The van der Waals surface area contributed by atoms with Crippen LogP contribution in [-0.2, 0) is 0 Å². The number of nitrogens with zero attached hydrogens (tertiary/aromatic N) is 1.